The van der Waals surface area contributed by atoms with Crippen molar-refractivity contribution >= 4 is 39.2 Å². The van der Waals surface area contributed by atoms with Crippen LogP contribution in [0.4, 0.5) is 5.69 Å². The molecular formula is C16H23ClN2O5S. The molecule has 0 heterocycles. The van der Waals surface area contributed by atoms with Crippen LogP contribution in [-0.2, 0) is 19.6 Å². The van der Waals surface area contributed by atoms with Crippen molar-refractivity contribution in [2.24, 2.45) is 5.41 Å². The van der Waals surface area contributed by atoms with E-state index in [-0.39, 0.29) is 22.0 Å². The minimum Gasteiger partial charge on any atom is -0.481 e. The highest BCUT2D eigenvalue weighted by Gasteiger charge is 2.30. The molecule has 7 nitrogen and oxygen atoms in total. The van der Waals surface area contributed by atoms with E-state index in [1.807, 2.05) is 0 Å². The molecule has 0 radical (unpaired) electrons. The molecule has 0 bridgehead atoms. The van der Waals surface area contributed by atoms with Crippen LogP contribution in [0.15, 0.2) is 23.1 Å². The summed E-state index contributed by atoms with van der Waals surface area (Å²) in [5.41, 5.74) is -0.992. The highest BCUT2D eigenvalue weighted by atomic mass is 35.5. The lowest BCUT2D eigenvalue weighted by Gasteiger charge is -2.20. The molecule has 0 unspecified atom stereocenters. The predicted octanol–water partition coefficient (Wildman–Crippen LogP) is 2.81. The van der Waals surface area contributed by atoms with Crippen LogP contribution in [0.1, 0.15) is 34.1 Å². The van der Waals surface area contributed by atoms with E-state index in [9.17, 15) is 18.0 Å². The fourth-order valence-electron chi connectivity index (χ4n) is 2.16. The van der Waals surface area contributed by atoms with Crippen LogP contribution in [0.5, 0.6) is 0 Å². The average Bonchev–Trinajstić information content (AvgIpc) is 2.49. The van der Waals surface area contributed by atoms with Crippen LogP contribution in [0.3, 0.4) is 0 Å². The Hall–Kier alpha value is -1.64. The first-order valence-corrected chi connectivity index (χ1v) is 9.60. The summed E-state index contributed by atoms with van der Waals surface area (Å²) in [5.74, 6) is -1.62. The summed E-state index contributed by atoms with van der Waals surface area (Å²) in [6.07, 6.45) is -0.247. The van der Waals surface area contributed by atoms with Crippen LogP contribution < -0.4 is 5.32 Å². The number of aliphatic carboxylic acids is 1. The number of carbonyl (C=O) groups is 2. The van der Waals surface area contributed by atoms with Gasteiger partial charge in [0.2, 0.25) is 15.9 Å². The molecule has 140 valence electrons. The Morgan fingerprint density at radius 3 is 2.28 bits per heavy atom. The molecule has 25 heavy (non-hydrogen) atoms. The first kappa shape index (κ1) is 21.4. The predicted molar refractivity (Wildman–Crippen MR) is 96.2 cm³/mol. The highest BCUT2D eigenvalue weighted by molar-refractivity contribution is 7.89. The van der Waals surface area contributed by atoms with Crippen LogP contribution >= 0.6 is 11.6 Å². The third kappa shape index (κ3) is 5.17. The number of nitrogens with one attached hydrogen (secondary N) is 1. The van der Waals surface area contributed by atoms with Crippen LogP contribution in [0.25, 0.3) is 0 Å². The lowest BCUT2D eigenvalue weighted by atomic mass is 9.89. The first-order valence-electron chi connectivity index (χ1n) is 7.78. The number of carboxylic acid groups (broad SMARTS) is 1. The van der Waals surface area contributed by atoms with Gasteiger partial charge in [0.05, 0.1) is 10.4 Å². The van der Waals surface area contributed by atoms with E-state index in [0.29, 0.717) is 13.1 Å². The molecule has 0 atom stereocenters. The lowest BCUT2D eigenvalue weighted by Crippen LogP contribution is -2.31. The molecule has 0 aliphatic carbocycles. The molecule has 1 aromatic rings. The van der Waals surface area contributed by atoms with Crippen molar-refractivity contribution < 1.29 is 23.1 Å². The number of halogens is 1. The largest absolute Gasteiger partial charge is 0.481 e. The van der Waals surface area contributed by atoms with Gasteiger partial charge in [0.15, 0.2) is 0 Å². The van der Waals surface area contributed by atoms with Crippen molar-refractivity contribution in [1.29, 1.82) is 0 Å². The van der Waals surface area contributed by atoms with Crippen molar-refractivity contribution in [2.75, 3.05) is 18.4 Å². The SMILES string of the molecule is CCN(CC)S(=O)(=O)c1cc(NC(=O)CC(C)(C)C(=O)O)ccc1Cl. The summed E-state index contributed by atoms with van der Waals surface area (Å²) in [4.78, 5) is 23.1. The Morgan fingerprint density at radius 1 is 1.24 bits per heavy atom. The summed E-state index contributed by atoms with van der Waals surface area (Å²) in [6, 6.07) is 4.13. The molecule has 0 fully saturated rings. The molecule has 2 N–H and O–H groups in total. The van der Waals surface area contributed by atoms with Crippen molar-refractivity contribution in [1.82, 2.24) is 4.31 Å². The third-order valence-electron chi connectivity index (χ3n) is 3.72. The Labute approximate surface area is 153 Å². The zero-order valence-corrected chi connectivity index (χ0v) is 16.2. The molecule has 0 aromatic heterocycles. The number of hydrogen-bond donors (Lipinski definition) is 2. The maximum Gasteiger partial charge on any atom is 0.309 e. The molecule has 1 aromatic carbocycles. The number of benzene rings is 1. The number of anilines is 1. The summed E-state index contributed by atoms with van der Waals surface area (Å²) in [5, 5.41) is 11.7. The molecule has 0 spiro atoms. The van der Waals surface area contributed by atoms with E-state index in [4.69, 9.17) is 16.7 Å². The van der Waals surface area contributed by atoms with Gasteiger partial charge in [-0.3, -0.25) is 9.59 Å². The number of amides is 1. The molecule has 1 rings (SSSR count). The van der Waals surface area contributed by atoms with Gasteiger partial charge in [-0.1, -0.05) is 25.4 Å². The number of hydrogen-bond acceptors (Lipinski definition) is 4. The second kappa shape index (κ2) is 8.16. The van der Waals surface area contributed by atoms with E-state index in [1.165, 1.54) is 36.4 Å². The van der Waals surface area contributed by atoms with Crippen LogP contribution in [0.2, 0.25) is 5.02 Å². The van der Waals surface area contributed by atoms with Gasteiger partial charge in [-0.25, -0.2) is 8.42 Å². The van der Waals surface area contributed by atoms with Gasteiger partial charge >= 0.3 is 5.97 Å². The van der Waals surface area contributed by atoms with E-state index < -0.39 is 27.3 Å². The standard InChI is InChI=1S/C16H23ClN2O5S/c1-5-19(6-2)25(23,24)13-9-11(7-8-12(13)17)18-14(20)10-16(3,4)15(21)22/h7-9H,5-6,10H2,1-4H3,(H,18,20)(H,21,22). The van der Waals surface area contributed by atoms with Crippen molar-refractivity contribution in [2.45, 2.75) is 39.0 Å². The maximum absolute atomic E-state index is 12.6. The number of sulfonamides is 1. The molecule has 1 amide bonds. The van der Waals surface area contributed by atoms with Gasteiger partial charge in [0, 0.05) is 25.2 Å². The van der Waals surface area contributed by atoms with Crippen molar-refractivity contribution in [3.05, 3.63) is 23.2 Å². The lowest BCUT2D eigenvalue weighted by molar-refractivity contribution is -0.148. The fourth-order valence-corrected chi connectivity index (χ4v) is 4.12. The molecule has 0 saturated carbocycles. The molecule has 0 aliphatic rings. The summed E-state index contributed by atoms with van der Waals surface area (Å²) in [6.45, 7) is 6.89. The average molecular weight is 391 g/mol. The quantitative estimate of drug-likeness (QED) is 0.710. The Morgan fingerprint density at radius 2 is 1.80 bits per heavy atom. The molecule has 0 saturated heterocycles. The third-order valence-corrected chi connectivity index (χ3v) is 6.25. The normalized spacial score (nSPS) is 12.2. The highest BCUT2D eigenvalue weighted by Crippen LogP contribution is 2.28. The van der Waals surface area contributed by atoms with Gasteiger partial charge in [0.25, 0.3) is 0 Å². The molecular weight excluding hydrogens is 368 g/mol. The van der Waals surface area contributed by atoms with Crippen molar-refractivity contribution in [3.8, 4) is 0 Å². The van der Waals surface area contributed by atoms with Crippen LogP contribution in [-0.4, -0.2) is 42.8 Å². The van der Waals surface area contributed by atoms with Crippen molar-refractivity contribution in [3.63, 3.8) is 0 Å². The van der Waals surface area contributed by atoms with Gasteiger partial charge in [-0.05, 0) is 32.0 Å². The van der Waals surface area contributed by atoms with Gasteiger partial charge in [-0.2, -0.15) is 4.31 Å². The second-order valence-corrected chi connectivity index (χ2v) is 8.46. The van der Waals surface area contributed by atoms with Crippen LogP contribution in [0, 0.1) is 5.41 Å². The minimum atomic E-state index is -3.78. The summed E-state index contributed by atoms with van der Waals surface area (Å²) in [7, 11) is -3.78. The number of nitrogens with zero attached hydrogens (tertiary/aromatic N) is 1. The van der Waals surface area contributed by atoms with Gasteiger partial charge < -0.3 is 10.4 Å². The first-order chi connectivity index (χ1) is 11.5. The zero-order chi connectivity index (χ0) is 19.4. The number of rotatable bonds is 8. The smallest absolute Gasteiger partial charge is 0.309 e. The Kier molecular flexibility index (Phi) is 6.99. The maximum atomic E-state index is 12.6. The number of carboxylic acids is 1. The minimum absolute atomic E-state index is 0.0516. The van der Waals surface area contributed by atoms with Gasteiger partial charge in [-0.15, -0.1) is 0 Å². The second-order valence-electron chi connectivity index (χ2n) is 6.15. The van der Waals surface area contributed by atoms with E-state index >= 15 is 0 Å². The monoisotopic (exact) mass is 390 g/mol. The fraction of sp³-hybridized carbons (Fsp3) is 0.500. The Balaban J connectivity index is 3.10. The topological polar surface area (TPSA) is 104 Å². The van der Waals surface area contributed by atoms with Gasteiger partial charge in [0.1, 0.15) is 4.90 Å². The Bertz CT molecular complexity index is 758. The summed E-state index contributed by atoms with van der Waals surface area (Å²) >= 11 is 6.03. The zero-order valence-electron chi connectivity index (χ0n) is 14.7. The summed E-state index contributed by atoms with van der Waals surface area (Å²) < 4.78 is 26.5. The number of carbonyl (C=O) groups excluding carboxylic acids is 1. The molecule has 0 aliphatic heterocycles. The van der Waals surface area contributed by atoms with E-state index in [2.05, 4.69) is 5.32 Å². The molecule has 9 heteroatoms. The van der Waals surface area contributed by atoms with E-state index in [0.717, 1.165) is 0 Å². The van der Waals surface area contributed by atoms with E-state index in [1.54, 1.807) is 13.8 Å².